The zero-order valence-electron chi connectivity index (χ0n) is 4.50. The van der Waals surface area contributed by atoms with Crippen molar-refractivity contribution < 1.29 is 44.6 Å². The van der Waals surface area contributed by atoms with E-state index in [1.54, 1.807) is 0 Å². The van der Waals surface area contributed by atoms with Crippen LogP contribution in [0.5, 0.6) is 0 Å². The van der Waals surface area contributed by atoms with Gasteiger partial charge in [0.05, 0.1) is 5.97 Å². The SMILES string of the molecule is C=NC(O)C(=O)[O-].[Na+]. The number of hydrogen-bond acceptors (Lipinski definition) is 4. The summed E-state index contributed by atoms with van der Waals surface area (Å²) in [5, 5.41) is 17.5. The van der Waals surface area contributed by atoms with Gasteiger partial charge in [-0.1, -0.05) is 0 Å². The first kappa shape index (κ1) is 11.0. The number of aliphatic hydroxyl groups excluding tert-OH is 1. The molecule has 0 saturated heterocycles. The second-order valence-electron chi connectivity index (χ2n) is 0.875. The molecule has 1 N–H and O–H groups in total. The second-order valence-corrected chi connectivity index (χ2v) is 0.875. The minimum atomic E-state index is -1.78. The molecule has 5 heteroatoms. The molecule has 0 heterocycles. The third-order valence-corrected chi connectivity index (χ3v) is 0.384. The van der Waals surface area contributed by atoms with Gasteiger partial charge in [0.1, 0.15) is 0 Å². The maximum atomic E-state index is 9.44. The molecule has 0 fully saturated rings. The van der Waals surface area contributed by atoms with Crippen LogP contribution in [0.3, 0.4) is 0 Å². The first-order chi connectivity index (χ1) is 3.18. The number of carbonyl (C=O) groups excluding carboxylic acids is 1. The summed E-state index contributed by atoms with van der Waals surface area (Å²) in [5.41, 5.74) is 0. The Bertz CT molecular complexity index is 94.5. The average Bonchev–Trinajstić information content (AvgIpc) is 1.65. The van der Waals surface area contributed by atoms with Crippen LogP contribution in [0.4, 0.5) is 0 Å². The Labute approximate surface area is 68.5 Å². The van der Waals surface area contributed by atoms with Crippen LogP contribution in [0, 0.1) is 0 Å². The van der Waals surface area contributed by atoms with E-state index in [0.29, 0.717) is 0 Å². The van der Waals surface area contributed by atoms with Crippen molar-refractivity contribution in [1.29, 1.82) is 0 Å². The number of hydrogen-bond donors (Lipinski definition) is 1. The zero-order chi connectivity index (χ0) is 5.86. The molecular formula is C3H4NNaO3. The molecular weight excluding hydrogens is 121 g/mol. The summed E-state index contributed by atoms with van der Waals surface area (Å²) in [6, 6.07) is 0. The van der Waals surface area contributed by atoms with Gasteiger partial charge in [-0.15, -0.1) is 0 Å². The topological polar surface area (TPSA) is 72.7 Å². The minimum absolute atomic E-state index is 0. The van der Waals surface area contributed by atoms with E-state index in [2.05, 4.69) is 11.7 Å². The Morgan fingerprint density at radius 3 is 2.25 bits per heavy atom. The van der Waals surface area contributed by atoms with Crippen molar-refractivity contribution in [3.05, 3.63) is 0 Å². The smallest absolute Gasteiger partial charge is 0.545 e. The Kier molecular flexibility index (Phi) is 7.19. The van der Waals surface area contributed by atoms with Crippen molar-refractivity contribution in [3.8, 4) is 0 Å². The molecule has 1 unspecified atom stereocenters. The van der Waals surface area contributed by atoms with Gasteiger partial charge in [-0.3, -0.25) is 4.99 Å². The van der Waals surface area contributed by atoms with Gasteiger partial charge in [0.15, 0.2) is 6.23 Å². The maximum absolute atomic E-state index is 9.44. The molecule has 0 amide bonds. The predicted octanol–water partition coefficient (Wildman–Crippen LogP) is -5.24. The van der Waals surface area contributed by atoms with Crippen LogP contribution in [-0.4, -0.2) is 24.0 Å². The summed E-state index contributed by atoms with van der Waals surface area (Å²) >= 11 is 0. The zero-order valence-corrected chi connectivity index (χ0v) is 6.50. The van der Waals surface area contributed by atoms with Crippen molar-refractivity contribution in [3.63, 3.8) is 0 Å². The summed E-state index contributed by atoms with van der Waals surface area (Å²) in [5.74, 6) is -1.63. The van der Waals surface area contributed by atoms with Gasteiger partial charge < -0.3 is 15.0 Å². The molecule has 0 radical (unpaired) electrons. The fraction of sp³-hybridized carbons (Fsp3) is 0.333. The normalized spacial score (nSPS) is 11.1. The van der Waals surface area contributed by atoms with Crippen LogP contribution < -0.4 is 34.7 Å². The van der Waals surface area contributed by atoms with Crippen LogP contribution in [0.1, 0.15) is 0 Å². The summed E-state index contributed by atoms with van der Waals surface area (Å²) in [6.45, 7) is 2.76. The first-order valence-corrected chi connectivity index (χ1v) is 1.53. The van der Waals surface area contributed by atoms with Gasteiger partial charge >= 0.3 is 29.6 Å². The molecule has 0 aromatic carbocycles. The Balaban J connectivity index is 0. The third kappa shape index (κ3) is 4.26. The predicted molar refractivity (Wildman–Crippen MR) is 20.6 cm³/mol. The molecule has 0 aliphatic carbocycles. The number of nitrogens with zero attached hydrogens (tertiary/aromatic N) is 1. The number of aliphatic carboxylic acids is 1. The monoisotopic (exact) mass is 125 g/mol. The van der Waals surface area contributed by atoms with Gasteiger partial charge in [0.25, 0.3) is 0 Å². The number of carboxylic acids is 1. The Hall–Kier alpha value is 0.100. The number of carbonyl (C=O) groups is 1. The molecule has 0 aliphatic rings. The van der Waals surface area contributed by atoms with Crippen molar-refractivity contribution >= 4 is 12.7 Å². The molecule has 0 aromatic rings. The maximum Gasteiger partial charge on any atom is 1.00 e. The molecule has 40 valence electrons. The molecule has 0 aromatic heterocycles. The molecule has 4 nitrogen and oxygen atoms in total. The van der Waals surface area contributed by atoms with E-state index in [4.69, 9.17) is 5.11 Å². The summed E-state index contributed by atoms with van der Waals surface area (Å²) in [6.07, 6.45) is -1.78. The molecule has 8 heavy (non-hydrogen) atoms. The number of rotatable bonds is 2. The van der Waals surface area contributed by atoms with Crippen molar-refractivity contribution in [2.24, 2.45) is 4.99 Å². The Morgan fingerprint density at radius 1 is 1.88 bits per heavy atom. The van der Waals surface area contributed by atoms with E-state index in [1.165, 1.54) is 0 Å². The van der Waals surface area contributed by atoms with Crippen LogP contribution in [0.15, 0.2) is 4.99 Å². The number of aliphatic hydroxyl groups is 1. The van der Waals surface area contributed by atoms with Crippen molar-refractivity contribution in [1.82, 2.24) is 0 Å². The molecule has 0 bridgehead atoms. The summed E-state index contributed by atoms with van der Waals surface area (Å²) in [4.78, 5) is 12.2. The van der Waals surface area contributed by atoms with Gasteiger partial charge in [-0.25, -0.2) is 0 Å². The summed E-state index contributed by atoms with van der Waals surface area (Å²) in [7, 11) is 0. The van der Waals surface area contributed by atoms with Crippen LogP contribution in [0.25, 0.3) is 0 Å². The van der Waals surface area contributed by atoms with E-state index >= 15 is 0 Å². The number of aliphatic imine (C=N–C) groups is 1. The van der Waals surface area contributed by atoms with Gasteiger partial charge in [0, 0.05) is 0 Å². The molecule has 0 rings (SSSR count). The largest absolute Gasteiger partial charge is 1.00 e. The molecule has 0 spiro atoms. The van der Waals surface area contributed by atoms with E-state index < -0.39 is 12.2 Å². The first-order valence-electron chi connectivity index (χ1n) is 1.53. The van der Waals surface area contributed by atoms with Crippen LogP contribution in [-0.2, 0) is 4.79 Å². The van der Waals surface area contributed by atoms with Crippen molar-refractivity contribution in [2.75, 3.05) is 0 Å². The number of carboxylic acid groups (broad SMARTS) is 1. The standard InChI is InChI=1S/C3H5NO3.Na/c1-4-2(5)3(6)7;/h2,5H,1H2,(H,6,7);/q;+1/p-1. The van der Waals surface area contributed by atoms with Gasteiger partial charge in [-0.05, 0) is 6.72 Å². The average molecular weight is 125 g/mol. The molecule has 0 aliphatic heterocycles. The van der Waals surface area contributed by atoms with E-state index in [0.717, 1.165) is 0 Å². The third-order valence-electron chi connectivity index (χ3n) is 0.384. The fourth-order valence-electron chi connectivity index (χ4n) is 0.0745. The van der Waals surface area contributed by atoms with Gasteiger partial charge in [0.2, 0.25) is 0 Å². The van der Waals surface area contributed by atoms with Crippen LogP contribution >= 0.6 is 0 Å². The summed E-state index contributed by atoms with van der Waals surface area (Å²) < 4.78 is 0. The Morgan fingerprint density at radius 2 is 2.25 bits per heavy atom. The quantitative estimate of drug-likeness (QED) is 0.296. The van der Waals surface area contributed by atoms with E-state index in [9.17, 15) is 9.90 Å². The second kappa shape index (κ2) is 5.24. The molecule has 0 saturated carbocycles. The van der Waals surface area contributed by atoms with Crippen LogP contribution in [0.2, 0.25) is 0 Å². The fourth-order valence-corrected chi connectivity index (χ4v) is 0.0745. The van der Waals surface area contributed by atoms with E-state index in [-0.39, 0.29) is 29.6 Å². The van der Waals surface area contributed by atoms with Crippen molar-refractivity contribution in [2.45, 2.75) is 6.23 Å². The molecule has 1 atom stereocenters. The minimum Gasteiger partial charge on any atom is -0.545 e. The van der Waals surface area contributed by atoms with E-state index in [1.807, 2.05) is 0 Å². The van der Waals surface area contributed by atoms with Gasteiger partial charge in [-0.2, -0.15) is 0 Å².